The molecule has 0 amide bonds. The van der Waals surface area contributed by atoms with Crippen molar-refractivity contribution in [1.82, 2.24) is 4.98 Å². The van der Waals surface area contributed by atoms with Crippen LogP contribution < -0.4 is 10.7 Å². The second-order valence-corrected chi connectivity index (χ2v) is 8.12. The van der Waals surface area contributed by atoms with Crippen molar-refractivity contribution in [3.8, 4) is 11.3 Å². The van der Waals surface area contributed by atoms with E-state index in [4.69, 9.17) is 16.0 Å². The Morgan fingerprint density at radius 1 is 1.10 bits per heavy atom. The van der Waals surface area contributed by atoms with E-state index in [-0.39, 0.29) is 11.5 Å². The van der Waals surface area contributed by atoms with Gasteiger partial charge in [0, 0.05) is 39.8 Å². The third-order valence-corrected chi connectivity index (χ3v) is 5.58. The fourth-order valence-electron chi connectivity index (χ4n) is 3.76. The maximum atomic E-state index is 13.2. The standard InChI is InChI=1S/C25H23ClN2O2/c1-14-10-20(17(4)28-22-8-7-19(26)12-15(22)2)25-21(11-14)23(29)16(3)24(30-25)18-6-5-9-27-13-18/h5-13,17,28H,1-4H3. The summed E-state index contributed by atoms with van der Waals surface area (Å²) < 4.78 is 6.35. The van der Waals surface area contributed by atoms with E-state index in [1.807, 2.05) is 50.2 Å². The van der Waals surface area contributed by atoms with Gasteiger partial charge in [0.05, 0.1) is 11.4 Å². The van der Waals surface area contributed by atoms with Crippen LogP contribution in [0.25, 0.3) is 22.3 Å². The van der Waals surface area contributed by atoms with Crippen LogP contribution in [0.15, 0.2) is 64.1 Å². The maximum Gasteiger partial charge on any atom is 0.196 e. The quantitative estimate of drug-likeness (QED) is 0.405. The van der Waals surface area contributed by atoms with Gasteiger partial charge in [-0.3, -0.25) is 9.78 Å². The van der Waals surface area contributed by atoms with Gasteiger partial charge in [0.1, 0.15) is 11.3 Å². The van der Waals surface area contributed by atoms with Gasteiger partial charge >= 0.3 is 0 Å². The minimum absolute atomic E-state index is 0.0186. The molecule has 5 heteroatoms. The van der Waals surface area contributed by atoms with E-state index in [2.05, 4.69) is 23.3 Å². The fraction of sp³-hybridized carbons (Fsp3) is 0.200. The molecule has 152 valence electrons. The lowest BCUT2D eigenvalue weighted by Crippen LogP contribution is -2.13. The summed E-state index contributed by atoms with van der Waals surface area (Å²) in [7, 11) is 0. The van der Waals surface area contributed by atoms with Crippen molar-refractivity contribution in [1.29, 1.82) is 0 Å². The van der Waals surface area contributed by atoms with Crippen LogP contribution in [-0.4, -0.2) is 4.98 Å². The van der Waals surface area contributed by atoms with Gasteiger partial charge in [0.15, 0.2) is 5.43 Å². The van der Waals surface area contributed by atoms with Crippen molar-refractivity contribution in [3.63, 3.8) is 0 Å². The molecule has 1 unspecified atom stereocenters. The Hall–Kier alpha value is -3.11. The number of pyridine rings is 1. The Balaban J connectivity index is 1.89. The van der Waals surface area contributed by atoms with E-state index in [1.165, 1.54) is 0 Å². The molecule has 4 nitrogen and oxygen atoms in total. The largest absolute Gasteiger partial charge is 0.455 e. The van der Waals surface area contributed by atoms with Crippen molar-refractivity contribution >= 4 is 28.3 Å². The molecular formula is C25H23ClN2O2. The molecule has 0 bridgehead atoms. The van der Waals surface area contributed by atoms with Crippen molar-refractivity contribution in [2.24, 2.45) is 0 Å². The molecule has 0 saturated heterocycles. The molecule has 0 fully saturated rings. The molecule has 1 N–H and O–H groups in total. The molecule has 2 aromatic heterocycles. The lowest BCUT2D eigenvalue weighted by Gasteiger charge is -2.20. The fourth-order valence-corrected chi connectivity index (χ4v) is 3.99. The first-order chi connectivity index (χ1) is 14.3. The van der Waals surface area contributed by atoms with Crippen LogP contribution in [0.5, 0.6) is 0 Å². The topological polar surface area (TPSA) is 55.1 Å². The van der Waals surface area contributed by atoms with Crippen molar-refractivity contribution < 1.29 is 4.42 Å². The zero-order valence-corrected chi connectivity index (χ0v) is 18.2. The predicted octanol–water partition coefficient (Wildman–Crippen LogP) is 6.61. The Bertz CT molecular complexity index is 1300. The minimum atomic E-state index is -0.0834. The summed E-state index contributed by atoms with van der Waals surface area (Å²) in [5.74, 6) is 0.556. The van der Waals surface area contributed by atoms with Gasteiger partial charge in [0.25, 0.3) is 0 Å². The summed E-state index contributed by atoms with van der Waals surface area (Å²) >= 11 is 6.09. The van der Waals surface area contributed by atoms with Crippen LogP contribution >= 0.6 is 11.6 Å². The number of nitrogens with zero attached hydrogens (tertiary/aromatic N) is 1. The number of aromatic nitrogens is 1. The molecule has 4 rings (SSSR count). The number of hydrogen-bond acceptors (Lipinski definition) is 4. The molecule has 4 aromatic rings. The highest BCUT2D eigenvalue weighted by Gasteiger charge is 2.19. The maximum absolute atomic E-state index is 13.2. The second kappa shape index (κ2) is 7.96. The highest BCUT2D eigenvalue weighted by Crippen LogP contribution is 2.32. The van der Waals surface area contributed by atoms with Crippen LogP contribution in [0.2, 0.25) is 5.02 Å². The highest BCUT2D eigenvalue weighted by molar-refractivity contribution is 6.30. The molecule has 0 spiro atoms. The number of hydrogen-bond donors (Lipinski definition) is 1. The van der Waals surface area contributed by atoms with Crippen molar-refractivity contribution in [2.75, 3.05) is 5.32 Å². The summed E-state index contributed by atoms with van der Waals surface area (Å²) in [5, 5.41) is 4.83. The molecule has 0 aliphatic heterocycles. The number of fused-ring (bicyclic) bond motifs is 1. The lowest BCUT2D eigenvalue weighted by atomic mass is 9.99. The van der Waals surface area contributed by atoms with Gasteiger partial charge in [-0.25, -0.2) is 0 Å². The molecule has 1 atom stereocenters. The van der Waals surface area contributed by atoms with Crippen molar-refractivity contribution in [2.45, 2.75) is 33.7 Å². The summed E-state index contributed by atoms with van der Waals surface area (Å²) in [6.45, 7) is 7.87. The van der Waals surface area contributed by atoms with E-state index in [0.717, 1.165) is 27.9 Å². The first kappa shape index (κ1) is 20.2. The first-order valence-electron chi connectivity index (χ1n) is 9.86. The van der Waals surface area contributed by atoms with Gasteiger partial charge in [-0.2, -0.15) is 0 Å². The smallest absolute Gasteiger partial charge is 0.196 e. The molecule has 0 saturated carbocycles. The third kappa shape index (κ3) is 3.71. The van der Waals surface area contributed by atoms with Crippen LogP contribution in [0, 0.1) is 20.8 Å². The van der Waals surface area contributed by atoms with Crippen LogP contribution in [0.4, 0.5) is 5.69 Å². The summed E-state index contributed by atoms with van der Waals surface area (Å²) in [6, 6.07) is 13.4. The molecule has 0 radical (unpaired) electrons. The zero-order valence-electron chi connectivity index (χ0n) is 17.4. The first-order valence-corrected chi connectivity index (χ1v) is 10.2. The number of aryl methyl sites for hydroxylation is 2. The monoisotopic (exact) mass is 418 g/mol. The molecule has 2 heterocycles. The molecule has 2 aromatic carbocycles. The Morgan fingerprint density at radius 2 is 1.90 bits per heavy atom. The Labute approximate surface area is 180 Å². The van der Waals surface area contributed by atoms with Gasteiger partial charge < -0.3 is 9.73 Å². The molecular weight excluding hydrogens is 396 g/mol. The third-order valence-electron chi connectivity index (χ3n) is 5.34. The zero-order chi connectivity index (χ0) is 21.4. The van der Waals surface area contributed by atoms with E-state index in [9.17, 15) is 4.79 Å². The van der Waals surface area contributed by atoms with E-state index in [1.54, 1.807) is 19.3 Å². The van der Waals surface area contributed by atoms with E-state index < -0.39 is 0 Å². The highest BCUT2D eigenvalue weighted by atomic mass is 35.5. The normalized spacial score (nSPS) is 12.2. The summed E-state index contributed by atoms with van der Waals surface area (Å²) in [5.41, 5.74) is 5.94. The average molecular weight is 419 g/mol. The number of anilines is 1. The van der Waals surface area contributed by atoms with E-state index in [0.29, 0.717) is 27.3 Å². The van der Waals surface area contributed by atoms with Gasteiger partial charge in [0.2, 0.25) is 0 Å². The van der Waals surface area contributed by atoms with Crippen LogP contribution in [0.3, 0.4) is 0 Å². The van der Waals surface area contributed by atoms with Gasteiger partial charge in [-0.15, -0.1) is 0 Å². The predicted molar refractivity (Wildman–Crippen MR) is 123 cm³/mol. The summed E-state index contributed by atoms with van der Waals surface area (Å²) in [6.07, 6.45) is 3.41. The van der Waals surface area contributed by atoms with Gasteiger partial charge in [-0.05, 0) is 75.2 Å². The molecule has 0 aliphatic rings. The lowest BCUT2D eigenvalue weighted by molar-refractivity contribution is 0.605. The van der Waals surface area contributed by atoms with E-state index >= 15 is 0 Å². The second-order valence-electron chi connectivity index (χ2n) is 7.68. The number of rotatable bonds is 4. The van der Waals surface area contributed by atoms with Crippen LogP contribution in [0.1, 0.15) is 35.2 Å². The number of halogens is 1. The molecule has 30 heavy (non-hydrogen) atoms. The number of benzene rings is 2. The van der Waals surface area contributed by atoms with Crippen molar-refractivity contribution in [3.05, 3.63) is 92.4 Å². The van der Waals surface area contributed by atoms with Crippen LogP contribution in [-0.2, 0) is 0 Å². The number of nitrogens with one attached hydrogen (secondary N) is 1. The Kier molecular flexibility index (Phi) is 5.35. The Morgan fingerprint density at radius 3 is 2.60 bits per heavy atom. The SMILES string of the molecule is Cc1cc(C(C)Nc2ccc(Cl)cc2C)c2oc(-c3cccnc3)c(C)c(=O)c2c1. The summed E-state index contributed by atoms with van der Waals surface area (Å²) in [4.78, 5) is 17.4. The van der Waals surface area contributed by atoms with Gasteiger partial charge in [-0.1, -0.05) is 17.7 Å². The molecule has 0 aliphatic carbocycles. The minimum Gasteiger partial charge on any atom is -0.455 e. The average Bonchev–Trinajstić information content (AvgIpc) is 2.73.